The van der Waals surface area contributed by atoms with Gasteiger partial charge in [-0.15, -0.1) is 0 Å². The van der Waals surface area contributed by atoms with Gasteiger partial charge in [-0.05, 0) is 6.07 Å². The number of hydrogen-bond acceptors (Lipinski definition) is 4. The zero-order chi connectivity index (χ0) is 11.3. The Morgan fingerprint density at radius 3 is 2.47 bits per heavy atom. The van der Waals surface area contributed by atoms with Crippen LogP contribution in [0.1, 0.15) is 10.5 Å². The minimum absolute atomic E-state index is 0.126. The highest BCUT2D eigenvalue weighted by Crippen LogP contribution is 2.01. The van der Waals surface area contributed by atoms with Gasteiger partial charge < -0.3 is 15.1 Å². The second-order valence-electron chi connectivity index (χ2n) is 3.11. The molecule has 1 aromatic rings. The molecule has 0 radical (unpaired) electrons. The number of hydrogen-bond donors (Lipinski definition) is 2. The molecule has 0 unspecified atom stereocenters. The zero-order valence-electron chi connectivity index (χ0n) is 8.63. The van der Waals surface area contributed by atoms with Crippen molar-refractivity contribution < 1.29 is 15.0 Å². The molecule has 0 aromatic carbocycles. The number of aliphatic hydroxyl groups is 2. The van der Waals surface area contributed by atoms with Crippen LogP contribution in [0, 0.1) is 0 Å². The lowest BCUT2D eigenvalue weighted by molar-refractivity contribution is 0.0678. The summed E-state index contributed by atoms with van der Waals surface area (Å²) < 4.78 is 1.53. The maximum absolute atomic E-state index is 11.8. The average molecular weight is 213 g/mol. The molecule has 1 heterocycles. The first kappa shape index (κ1) is 11.7. The first-order valence-corrected chi connectivity index (χ1v) is 4.69. The molecule has 0 saturated heterocycles. The van der Waals surface area contributed by atoms with Crippen molar-refractivity contribution in [2.75, 3.05) is 26.3 Å². The Balaban J connectivity index is 2.71. The van der Waals surface area contributed by atoms with Gasteiger partial charge in [0.05, 0.1) is 13.2 Å². The molecule has 0 aliphatic rings. The minimum atomic E-state index is -0.279. The molecule has 1 amide bonds. The van der Waals surface area contributed by atoms with Gasteiger partial charge in [-0.2, -0.15) is 5.10 Å². The van der Waals surface area contributed by atoms with E-state index in [-0.39, 0.29) is 32.2 Å². The first-order valence-electron chi connectivity index (χ1n) is 4.69. The third kappa shape index (κ3) is 3.03. The Kier molecular flexibility index (Phi) is 4.26. The van der Waals surface area contributed by atoms with E-state index in [9.17, 15) is 4.79 Å². The minimum Gasteiger partial charge on any atom is -0.395 e. The Morgan fingerprint density at radius 2 is 2.07 bits per heavy atom. The standard InChI is InChI=1S/C9H15N3O3/c1-11-3-2-8(10-11)9(15)12(4-6-13)5-7-14/h2-3,13-14H,4-7H2,1H3. The fourth-order valence-electron chi connectivity index (χ4n) is 1.25. The van der Waals surface area contributed by atoms with Crippen molar-refractivity contribution in [3.63, 3.8) is 0 Å². The van der Waals surface area contributed by atoms with Crippen molar-refractivity contribution in [1.82, 2.24) is 14.7 Å². The molecule has 1 rings (SSSR count). The Morgan fingerprint density at radius 1 is 1.47 bits per heavy atom. The molecule has 0 fully saturated rings. The van der Waals surface area contributed by atoms with Crippen molar-refractivity contribution in [3.8, 4) is 0 Å². The van der Waals surface area contributed by atoms with Crippen molar-refractivity contribution in [1.29, 1.82) is 0 Å². The monoisotopic (exact) mass is 213 g/mol. The first-order chi connectivity index (χ1) is 7.19. The highest BCUT2D eigenvalue weighted by atomic mass is 16.3. The van der Waals surface area contributed by atoms with E-state index >= 15 is 0 Å². The van der Waals surface area contributed by atoms with E-state index in [1.807, 2.05) is 0 Å². The highest BCUT2D eigenvalue weighted by molar-refractivity contribution is 5.92. The SMILES string of the molecule is Cn1ccc(C(=O)N(CCO)CCO)n1. The van der Waals surface area contributed by atoms with Crippen LogP contribution in [0.25, 0.3) is 0 Å². The molecular weight excluding hydrogens is 198 g/mol. The fraction of sp³-hybridized carbons (Fsp3) is 0.556. The summed E-state index contributed by atoms with van der Waals surface area (Å²) >= 11 is 0. The lowest BCUT2D eigenvalue weighted by Crippen LogP contribution is -2.36. The second kappa shape index (κ2) is 5.47. The molecule has 0 bridgehead atoms. The zero-order valence-corrected chi connectivity index (χ0v) is 8.63. The predicted molar refractivity (Wildman–Crippen MR) is 53.3 cm³/mol. The summed E-state index contributed by atoms with van der Waals surface area (Å²) in [4.78, 5) is 13.1. The number of amides is 1. The van der Waals surface area contributed by atoms with Crippen molar-refractivity contribution in [2.24, 2.45) is 7.05 Å². The molecule has 0 spiro atoms. The van der Waals surface area contributed by atoms with Gasteiger partial charge in [-0.25, -0.2) is 0 Å². The largest absolute Gasteiger partial charge is 0.395 e. The summed E-state index contributed by atoms with van der Waals surface area (Å²) in [5.41, 5.74) is 0.319. The van der Waals surface area contributed by atoms with E-state index in [0.717, 1.165) is 0 Å². The number of aryl methyl sites for hydroxylation is 1. The van der Waals surface area contributed by atoms with Crippen LogP contribution < -0.4 is 0 Å². The van der Waals surface area contributed by atoms with Gasteiger partial charge in [0.1, 0.15) is 5.69 Å². The van der Waals surface area contributed by atoms with Crippen molar-refractivity contribution in [3.05, 3.63) is 18.0 Å². The number of rotatable bonds is 5. The van der Waals surface area contributed by atoms with E-state index in [1.54, 1.807) is 19.3 Å². The van der Waals surface area contributed by atoms with Gasteiger partial charge in [-0.3, -0.25) is 9.48 Å². The van der Waals surface area contributed by atoms with E-state index in [1.165, 1.54) is 9.58 Å². The normalized spacial score (nSPS) is 10.3. The van der Waals surface area contributed by atoms with Gasteiger partial charge in [-0.1, -0.05) is 0 Å². The lowest BCUT2D eigenvalue weighted by atomic mass is 10.3. The van der Waals surface area contributed by atoms with Crippen molar-refractivity contribution >= 4 is 5.91 Å². The summed E-state index contributed by atoms with van der Waals surface area (Å²) in [6.45, 7) is 0.156. The number of aliphatic hydroxyl groups excluding tert-OH is 2. The van der Waals surface area contributed by atoms with Gasteiger partial charge in [0.25, 0.3) is 5.91 Å². The maximum atomic E-state index is 11.8. The molecule has 84 valence electrons. The molecule has 15 heavy (non-hydrogen) atoms. The number of nitrogens with zero attached hydrogens (tertiary/aromatic N) is 3. The summed E-state index contributed by atoms with van der Waals surface area (Å²) in [6.07, 6.45) is 1.67. The number of carbonyl (C=O) groups excluding carboxylic acids is 1. The van der Waals surface area contributed by atoms with Crippen LogP contribution in [-0.4, -0.2) is 57.1 Å². The predicted octanol–water partition coefficient (Wildman–Crippen LogP) is -1.15. The number of aromatic nitrogens is 2. The van der Waals surface area contributed by atoms with Crippen LogP contribution in [0.4, 0.5) is 0 Å². The van der Waals surface area contributed by atoms with Crippen LogP contribution in [0.15, 0.2) is 12.3 Å². The molecule has 6 nitrogen and oxygen atoms in total. The molecule has 6 heteroatoms. The fourth-order valence-corrected chi connectivity index (χ4v) is 1.25. The van der Waals surface area contributed by atoms with Gasteiger partial charge >= 0.3 is 0 Å². The Labute approximate surface area is 87.7 Å². The maximum Gasteiger partial charge on any atom is 0.274 e. The van der Waals surface area contributed by atoms with E-state index in [4.69, 9.17) is 10.2 Å². The van der Waals surface area contributed by atoms with Gasteiger partial charge in [0.15, 0.2) is 0 Å². The van der Waals surface area contributed by atoms with Crippen molar-refractivity contribution in [2.45, 2.75) is 0 Å². The summed E-state index contributed by atoms with van der Waals surface area (Å²) in [6, 6.07) is 1.60. The molecule has 0 aliphatic heterocycles. The smallest absolute Gasteiger partial charge is 0.274 e. The van der Waals surface area contributed by atoms with Gasteiger partial charge in [0.2, 0.25) is 0 Å². The van der Waals surface area contributed by atoms with Crippen LogP contribution in [-0.2, 0) is 7.05 Å². The number of carbonyl (C=O) groups is 1. The Hall–Kier alpha value is -1.40. The Bertz CT molecular complexity index is 318. The topological polar surface area (TPSA) is 78.6 Å². The summed E-state index contributed by atoms with van der Waals surface area (Å²) in [5.74, 6) is -0.279. The summed E-state index contributed by atoms with van der Waals surface area (Å²) in [7, 11) is 1.72. The molecular formula is C9H15N3O3. The highest BCUT2D eigenvalue weighted by Gasteiger charge is 2.16. The van der Waals surface area contributed by atoms with Crippen LogP contribution in [0.3, 0.4) is 0 Å². The lowest BCUT2D eigenvalue weighted by Gasteiger charge is -2.19. The van der Waals surface area contributed by atoms with Crippen LogP contribution in [0.5, 0.6) is 0 Å². The second-order valence-corrected chi connectivity index (χ2v) is 3.11. The molecule has 0 saturated carbocycles. The van der Waals surface area contributed by atoms with E-state index < -0.39 is 0 Å². The van der Waals surface area contributed by atoms with E-state index in [2.05, 4.69) is 5.10 Å². The molecule has 1 aromatic heterocycles. The molecule has 2 N–H and O–H groups in total. The van der Waals surface area contributed by atoms with Gasteiger partial charge in [0, 0.05) is 26.3 Å². The van der Waals surface area contributed by atoms with Crippen LogP contribution >= 0.6 is 0 Å². The average Bonchev–Trinajstić information content (AvgIpc) is 2.63. The summed E-state index contributed by atoms with van der Waals surface area (Å²) in [5, 5.41) is 21.5. The van der Waals surface area contributed by atoms with Crippen LogP contribution in [0.2, 0.25) is 0 Å². The van der Waals surface area contributed by atoms with E-state index in [0.29, 0.717) is 5.69 Å². The third-order valence-corrected chi connectivity index (χ3v) is 1.96. The molecule has 0 atom stereocenters. The third-order valence-electron chi connectivity index (χ3n) is 1.96. The quantitative estimate of drug-likeness (QED) is 0.647. The molecule has 0 aliphatic carbocycles.